The molecule has 0 saturated heterocycles. The summed E-state index contributed by atoms with van der Waals surface area (Å²) in [6.07, 6.45) is 2.98. The van der Waals surface area contributed by atoms with Crippen molar-refractivity contribution >= 4 is 45.6 Å². The number of carbonyl (C=O) groups excluding carboxylic acids is 1. The van der Waals surface area contributed by atoms with Crippen molar-refractivity contribution in [2.45, 2.75) is 51.5 Å². The Labute approximate surface area is 168 Å². The molecule has 1 fully saturated rings. The molecule has 1 aliphatic carbocycles. The van der Waals surface area contributed by atoms with Gasteiger partial charge in [-0.25, -0.2) is 4.98 Å². The van der Waals surface area contributed by atoms with Crippen LogP contribution in [0.1, 0.15) is 49.7 Å². The smallest absolute Gasteiger partial charge is 0.240 e. The van der Waals surface area contributed by atoms with E-state index in [2.05, 4.69) is 31.4 Å². The van der Waals surface area contributed by atoms with Crippen LogP contribution in [0.25, 0.3) is 0 Å². The normalized spacial score (nSPS) is 14.5. The van der Waals surface area contributed by atoms with Gasteiger partial charge >= 0.3 is 0 Å². The molecule has 1 heterocycles. The van der Waals surface area contributed by atoms with Crippen molar-refractivity contribution in [1.82, 2.24) is 10.3 Å². The predicted molar refractivity (Wildman–Crippen MR) is 110 cm³/mol. The quantitative estimate of drug-likeness (QED) is 0.700. The fourth-order valence-electron chi connectivity index (χ4n) is 2.64. The van der Waals surface area contributed by atoms with E-state index in [4.69, 9.17) is 28.2 Å². The Morgan fingerprint density at radius 1 is 1.31 bits per heavy atom. The van der Waals surface area contributed by atoms with Gasteiger partial charge in [0.05, 0.1) is 12.2 Å². The number of benzene rings is 1. The zero-order valence-electron chi connectivity index (χ0n) is 15.2. The van der Waals surface area contributed by atoms with Gasteiger partial charge in [0.1, 0.15) is 0 Å². The molecule has 0 spiro atoms. The fraction of sp³-hybridized carbons (Fsp3) is 0.474. The number of hydrogen-bond acceptors (Lipinski definition) is 4. The molecule has 0 unspecified atom stereocenters. The van der Waals surface area contributed by atoms with Crippen molar-refractivity contribution in [3.8, 4) is 0 Å². The molecule has 0 aliphatic heterocycles. The van der Waals surface area contributed by atoms with Gasteiger partial charge < -0.3 is 10.6 Å². The average molecular weight is 412 g/mol. The van der Waals surface area contributed by atoms with E-state index in [0.29, 0.717) is 34.2 Å². The Kier molecular flexibility index (Phi) is 5.92. The van der Waals surface area contributed by atoms with Gasteiger partial charge in [0.15, 0.2) is 5.13 Å². The molecule has 140 valence electrons. The molecule has 1 amide bonds. The SMILES string of the molecule is CC(C)(C)c1nc(NC(=O)CNC2CC2)sc1Cc1ccc(Cl)cc1Cl. The van der Waals surface area contributed by atoms with E-state index in [1.165, 1.54) is 11.3 Å². The van der Waals surface area contributed by atoms with Crippen LogP contribution in [0.2, 0.25) is 10.0 Å². The zero-order valence-corrected chi connectivity index (χ0v) is 17.5. The highest BCUT2D eigenvalue weighted by Crippen LogP contribution is 2.35. The standard InChI is InChI=1S/C19H23Cl2N3OS/c1-19(2,3)17-15(8-11-4-5-12(20)9-14(11)21)26-18(24-17)23-16(25)10-22-13-6-7-13/h4-5,9,13,22H,6-8,10H2,1-3H3,(H,23,24,25). The number of hydrogen-bond donors (Lipinski definition) is 2. The largest absolute Gasteiger partial charge is 0.306 e. The minimum absolute atomic E-state index is 0.0535. The van der Waals surface area contributed by atoms with Crippen LogP contribution >= 0.6 is 34.5 Å². The Balaban J connectivity index is 1.78. The van der Waals surface area contributed by atoms with Crippen molar-refractivity contribution in [3.05, 3.63) is 44.4 Å². The number of anilines is 1. The third-order valence-electron chi connectivity index (χ3n) is 4.15. The minimum atomic E-state index is -0.125. The van der Waals surface area contributed by atoms with Gasteiger partial charge in [-0.05, 0) is 30.5 Å². The van der Waals surface area contributed by atoms with E-state index < -0.39 is 0 Å². The predicted octanol–water partition coefficient (Wildman–Crippen LogP) is 5.03. The molecule has 1 aromatic heterocycles. The lowest BCUT2D eigenvalue weighted by molar-refractivity contribution is -0.115. The third kappa shape index (κ3) is 5.19. The zero-order chi connectivity index (χ0) is 18.9. The first-order valence-electron chi connectivity index (χ1n) is 8.69. The first-order valence-corrected chi connectivity index (χ1v) is 10.3. The molecule has 7 heteroatoms. The summed E-state index contributed by atoms with van der Waals surface area (Å²) in [4.78, 5) is 17.9. The second kappa shape index (κ2) is 7.85. The van der Waals surface area contributed by atoms with Gasteiger partial charge in [0.2, 0.25) is 5.91 Å². The maximum Gasteiger partial charge on any atom is 0.240 e. The van der Waals surface area contributed by atoms with E-state index >= 15 is 0 Å². The lowest BCUT2D eigenvalue weighted by atomic mass is 9.90. The number of amides is 1. The second-order valence-corrected chi connectivity index (χ2v) is 9.58. The molecule has 0 radical (unpaired) electrons. The lowest BCUT2D eigenvalue weighted by Gasteiger charge is -2.17. The van der Waals surface area contributed by atoms with Crippen molar-refractivity contribution < 1.29 is 4.79 Å². The summed E-state index contributed by atoms with van der Waals surface area (Å²) >= 11 is 13.8. The fourth-order valence-corrected chi connectivity index (χ4v) is 4.32. The van der Waals surface area contributed by atoms with Crippen LogP contribution in [0.15, 0.2) is 18.2 Å². The van der Waals surface area contributed by atoms with E-state index in [1.807, 2.05) is 12.1 Å². The van der Waals surface area contributed by atoms with Crippen molar-refractivity contribution in [2.24, 2.45) is 0 Å². The summed E-state index contributed by atoms with van der Waals surface area (Å²) < 4.78 is 0. The molecule has 26 heavy (non-hydrogen) atoms. The van der Waals surface area contributed by atoms with Gasteiger partial charge in [0, 0.05) is 32.8 Å². The summed E-state index contributed by atoms with van der Waals surface area (Å²) in [6, 6.07) is 6.04. The third-order valence-corrected chi connectivity index (χ3v) is 5.71. The highest BCUT2D eigenvalue weighted by Gasteiger charge is 2.25. The van der Waals surface area contributed by atoms with Crippen molar-refractivity contribution in [1.29, 1.82) is 0 Å². The van der Waals surface area contributed by atoms with E-state index in [-0.39, 0.29) is 11.3 Å². The number of thiazole rings is 1. The topological polar surface area (TPSA) is 54.0 Å². The Morgan fingerprint density at radius 3 is 2.65 bits per heavy atom. The number of rotatable bonds is 6. The van der Waals surface area contributed by atoms with Crippen LogP contribution in [0, 0.1) is 0 Å². The molecule has 0 atom stereocenters. The summed E-state index contributed by atoms with van der Waals surface area (Å²) in [5.74, 6) is -0.0535. The van der Waals surface area contributed by atoms with Crippen LogP contribution in [0.5, 0.6) is 0 Å². The molecule has 2 N–H and O–H groups in total. The molecule has 3 rings (SSSR count). The number of nitrogens with one attached hydrogen (secondary N) is 2. The highest BCUT2D eigenvalue weighted by atomic mass is 35.5. The second-order valence-electron chi connectivity index (χ2n) is 7.66. The van der Waals surface area contributed by atoms with Crippen molar-refractivity contribution in [2.75, 3.05) is 11.9 Å². The molecule has 1 aliphatic rings. The molecular weight excluding hydrogens is 389 g/mol. The Morgan fingerprint density at radius 2 is 2.04 bits per heavy atom. The summed E-state index contributed by atoms with van der Waals surface area (Å²) in [5.41, 5.74) is 1.86. The first-order chi connectivity index (χ1) is 12.2. The molecule has 2 aromatic rings. The first kappa shape index (κ1) is 19.6. The van der Waals surface area contributed by atoms with E-state index in [1.54, 1.807) is 6.07 Å². The van der Waals surface area contributed by atoms with Gasteiger partial charge in [-0.2, -0.15) is 0 Å². The maximum atomic E-state index is 12.1. The van der Waals surface area contributed by atoms with Gasteiger partial charge in [-0.15, -0.1) is 11.3 Å². The highest BCUT2D eigenvalue weighted by molar-refractivity contribution is 7.15. The van der Waals surface area contributed by atoms with Crippen LogP contribution in [-0.2, 0) is 16.6 Å². The average Bonchev–Trinajstić information content (AvgIpc) is 3.28. The van der Waals surface area contributed by atoms with Gasteiger partial charge in [-0.3, -0.25) is 4.79 Å². The monoisotopic (exact) mass is 411 g/mol. The maximum absolute atomic E-state index is 12.1. The Hall–Kier alpha value is -1.14. The van der Waals surface area contributed by atoms with E-state index in [0.717, 1.165) is 29.0 Å². The molecular formula is C19H23Cl2N3OS. The molecule has 0 bridgehead atoms. The Bertz CT molecular complexity index is 810. The van der Waals surface area contributed by atoms with Gasteiger partial charge in [0.25, 0.3) is 0 Å². The summed E-state index contributed by atoms with van der Waals surface area (Å²) in [5, 5.41) is 8.04. The number of aromatic nitrogens is 1. The van der Waals surface area contributed by atoms with Crippen LogP contribution < -0.4 is 10.6 Å². The van der Waals surface area contributed by atoms with Gasteiger partial charge in [-0.1, -0.05) is 50.0 Å². The van der Waals surface area contributed by atoms with Crippen LogP contribution in [0.4, 0.5) is 5.13 Å². The van der Waals surface area contributed by atoms with Crippen LogP contribution in [-0.4, -0.2) is 23.5 Å². The molecule has 1 aromatic carbocycles. The number of carbonyl (C=O) groups is 1. The summed E-state index contributed by atoms with van der Waals surface area (Å²) in [6.45, 7) is 6.69. The minimum Gasteiger partial charge on any atom is -0.306 e. The van der Waals surface area contributed by atoms with E-state index in [9.17, 15) is 4.79 Å². The number of halogens is 2. The summed E-state index contributed by atoms with van der Waals surface area (Å²) in [7, 11) is 0. The number of nitrogens with zero attached hydrogens (tertiary/aromatic N) is 1. The lowest BCUT2D eigenvalue weighted by Crippen LogP contribution is -2.29. The molecule has 1 saturated carbocycles. The molecule has 4 nitrogen and oxygen atoms in total. The van der Waals surface area contributed by atoms with Crippen molar-refractivity contribution in [3.63, 3.8) is 0 Å². The van der Waals surface area contributed by atoms with Crippen LogP contribution in [0.3, 0.4) is 0 Å².